The number of nitrogens with zero attached hydrogens (tertiary/aromatic N) is 1. The molecule has 54 valence electrons. The van der Waals surface area contributed by atoms with Crippen molar-refractivity contribution in [3.05, 3.63) is 22.4 Å². The van der Waals surface area contributed by atoms with Crippen LogP contribution in [0.1, 0.15) is 5.76 Å². The van der Waals surface area contributed by atoms with E-state index in [0.717, 1.165) is 0 Å². The van der Waals surface area contributed by atoms with Gasteiger partial charge in [-0.05, 0) is 6.92 Å². The van der Waals surface area contributed by atoms with Crippen molar-refractivity contribution in [3.8, 4) is 5.88 Å². The second-order valence-corrected chi connectivity index (χ2v) is 1.77. The number of aryl methyl sites for hydroxylation is 1. The molecule has 0 saturated heterocycles. The summed E-state index contributed by atoms with van der Waals surface area (Å²) in [6, 6.07) is 0. The molecule has 0 N–H and O–H groups in total. The van der Waals surface area contributed by atoms with Crippen LogP contribution in [0.4, 0.5) is 0 Å². The third-order valence-electron chi connectivity index (χ3n) is 0.985. The Morgan fingerprint density at radius 1 is 1.70 bits per heavy atom. The Balaban J connectivity index is 3.20. The zero-order valence-electron chi connectivity index (χ0n) is 5.75. The van der Waals surface area contributed by atoms with E-state index < -0.39 is 5.63 Å². The summed E-state index contributed by atoms with van der Waals surface area (Å²) < 4.78 is 9.24. The molecule has 1 aromatic rings. The molecular formula is C6H7NO3. The molecule has 0 spiro atoms. The predicted molar refractivity (Wildman–Crippen MR) is 34.1 cm³/mol. The molecule has 0 atom stereocenters. The average Bonchev–Trinajstić information content (AvgIpc) is 1.88. The largest absolute Gasteiger partial charge is 0.476 e. The van der Waals surface area contributed by atoms with Crippen molar-refractivity contribution in [2.24, 2.45) is 0 Å². The Morgan fingerprint density at radius 3 is 2.90 bits per heavy atom. The number of rotatable bonds is 1. The molecule has 0 unspecified atom stereocenters. The Kier molecular flexibility index (Phi) is 1.71. The summed E-state index contributed by atoms with van der Waals surface area (Å²) in [6.45, 7) is 1.65. The quantitative estimate of drug-likeness (QED) is 0.566. The maximum atomic E-state index is 10.7. The first kappa shape index (κ1) is 6.80. The highest BCUT2D eigenvalue weighted by Gasteiger charge is 2.00. The first-order valence-electron chi connectivity index (χ1n) is 2.75. The number of hydrogen-bond acceptors (Lipinski definition) is 4. The summed E-state index contributed by atoms with van der Waals surface area (Å²) in [7, 11) is 1.37. The number of hydrogen-bond donors (Lipinski definition) is 0. The Labute approximate surface area is 57.5 Å². The lowest BCUT2D eigenvalue weighted by molar-refractivity contribution is 0.350. The van der Waals surface area contributed by atoms with Crippen LogP contribution in [0.25, 0.3) is 0 Å². The second-order valence-electron chi connectivity index (χ2n) is 1.77. The maximum absolute atomic E-state index is 10.7. The number of ether oxygens (including phenoxy) is 1. The molecular weight excluding hydrogens is 134 g/mol. The monoisotopic (exact) mass is 141 g/mol. The van der Waals surface area contributed by atoms with Gasteiger partial charge in [-0.1, -0.05) is 0 Å². The topological polar surface area (TPSA) is 52.3 Å². The summed E-state index contributed by atoms with van der Waals surface area (Å²) in [4.78, 5) is 14.4. The second kappa shape index (κ2) is 2.51. The summed E-state index contributed by atoms with van der Waals surface area (Å²) in [6.07, 6.45) is 1.43. The summed E-state index contributed by atoms with van der Waals surface area (Å²) >= 11 is 0. The normalized spacial score (nSPS) is 9.40. The lowest BCUT2D eigenvalue weighted by atomic mass is 10.6. The molecule has 0 aromatic carbocycles. The molecule has 0 aliphatic carbocycles. The van der Waals surface area contributed by atoms with Crippen molar-refractivity contribution in [1.82, 2.24) is 4.98 Å². The molecule has 0 amide bonds. The van der Waals surface area contributed by atoms with Gasteiger partial charge in [0.1, 0.15) is 5.76 Å². The Hall–Kier alpha value is -1.32. The molecule has 0 aliphatic rings. The van der Waals surface area contributed by atoms with E-state index >= 15 is 0 Å². The van der Waals surface area contributed by atoms with E-state index in [9.17, 15) is 4.79 Å². The van der Waals surface area contributed by atoms with Crippen LogP contribution >= 0.6 is 0 Å². The molecule has 4 nitrogen and oxygen atoms in total. The summed E-state index contributed by atoms with van der Waals surface area (Å²) in [5.41, 5.74) is -0.539. The molecule has 0 saturated carbocycles. The molecule has 0 radical (unpaired) electrons. The van der Waals surface area contributed by atoms with Crippen molar-refractivity contribution in [2.45, 2.75) is 6.92 Å². The van der Waals surface area contributed by atoms with Crippen molar-refractivity contribution >= 4 is 0 Å². The highest BCUT2D eigenvalue weighted by Crippen LogP contribution is 1.96. The van der Waals surface area contributed by atoms with Gasteiger partial charge in [0.2, 0.25) is 0 Å². The smallest absolute Gasteiger partial charge is 0.399 e. The molecule has 0 aliphatic heterocycles. The standard InChI is InChI=1S/C6H7NO3/c1-4-3-7-5(9-2)6(8)10-4/h3H,1-2H3. The predicted octanol–water partition coefficient (Wildman–Crippen LogP) is 0.352. The van der Waals surface area contributed by atoms with E-state index in [1.807, 2.05) is 0 Å². The molecule has 0 fully saturated rings. The molecule has 10 heavy (non-hydrogen) atoms. The molecule has 4 heteroatoms. The highest BCUT2D eigenvalue weighted by atomic mass is 16.5. The fraction of sp³-hybridized carbons (Fsp3) is 0.333. The minimum Gasteiger partial charge on any atom is -0.476 e. The van der Waals surface area contributed by atoms with Crippen LogP contribution < -0.4 is 10.4 Å². The van der Waals surface area contributed by atoms with Gasteiger partial charge in [0, 0.05) is 0 Å². The van der Waals surface area contributed by atoms with Crippen LogP contribution in [0.15, 0.2) is 15.4 Å². The van der Waals surface area contributed by atoms with E-state index in [1.54, 1.807) is 6.92 Å². The fourth-order valence-electron chi connectivity index (χ4n) is 0.554. The molecule has 1 rings (SSSR count). The van der Waals surface area contributed by atoms with E-state index in [0.29, 0.717) is 5.76 Å². The van der Waals surface area contributed by atoms with Crippen molar-refractivity contribution in [1.29, 1.82) is 0 Å². The van der Waals surface area contributed by atoms with Gasteiger partial charge in [0.25, 0.3) is 0 Å². The minimum absolute atomic E-state index is 0.00870. The molecule has 1 heterocycles. The van der Waals surface area contributed by atoms with Gasteiger partial charge < -0.3 is 9.15 Å². The van der Waals surface area contributed by atoms with Gasteiger partial charge >= 0.3 is 11.5 Å². The first-order chi connectivity index (χ1) is 4.74. The first-order valence-corrected chi connectivity index (χ1v) is 2.75. The van der Waals surface area contributed by atoms with Crippen LogP contribution in [-0.2, 0) is 0 Å². The van der Waals surface area contributed by atoms with Crippen molar-refractivity contribution < 1.29 is 9.15 Å². The number of methoxy groups -OCH3 is 1. The highest BCUT2D eigenvalue weighted by molar-refractivity contribution is 5.01. The van der Waals surface area contributed by atoms with E-state index in [1.165, 1.54) is 13.3 Å². The molecule has 0 bridgehead atoms. The lowest BCUT2D eigenvalue weighted by Crippen LogP contribution is -2.06. The van der Waals surface area contributed by atoms with Crippen molar-refractivity contribution in [2.75, 3.05) is 7.11 Å². The zero-order valence-corrected chi connectivity index (χ0v) is 5.75. The summed E-state index contributed by atoms with van der Waals surface area (Å²) in [5, 5.41) is 0. The van der Waals surface area contributed by atoms with Gasteiger partial charge in [0.05, 0.1) is 13.3 Å². The maximum Gasteiger partial charge on any atom is 0.399 e. The van der Waals surface area contributed by atoms with Crippen LogP contribution in [0.5, 0.6) is 5.88 Å². The third-order valence-corrected chi connectivity index (χ3v) is 0.985. The van der Waals surface area contributed by atoms with Gasteiger partial charge in [-0.2, -0.15) is 0 Å². The van der Waals surface area contributed by atoms with E-state index in [4.69, 9.17) is 0 Å². The molecule has 1 aromatic heterocycles. The van der Waals surface area contributed by atoms with Crippen LogP contribution in [0.2, 0.25) is 0 Å². The number of aromatic nitrogens is 1. The van der Waals surface area contributed by atoms with Crippen LogP contribution in [0.3, 0.4) is 0 Å². The van der Waals surface area contributed by atoms with E-state index in [2.05, 4.69) is 14.1 Å². The Morgan fingerprint density at radius 2 is 2.40 bits per heavy atom. The van der Waals surface area contributed by atoms with Gasteiger partial charge in [-0.15, -0.1) is 0 Å². The van der Waals surface area contributed by atoms with Gasteiger partial charge in [-0.25, -0.2) is 9.78 Å². The average molecular weight is 141 g/mol. The van der Waals surface area contributed by atoms with Gasteiger partial charge in [0.15, 0.2) is 0 Å². The summed E-state index contributed by atoms with van der Waals surface area (Å²) in [5.74, 6) is 0.469. The minimum atomic E-state index is -0.539. The fourth-order valence-corrected chi connectivity index (χ4v) is 0.554. The van der Waals surface area contributed by atoms with Crippen LogP contribution in [0, 0.1) is 6.92 Å². The Bertz CT molecular complexity index is 279. The van der Waals surface area contributed by atoms with Crippen molar-refractivity contribution in [3.63, 3.8) is 0 Å². The zero-order chi connectivity index (χ0) is 7.56. The van der Waals surface area contributed by atoms with E-state index in [-0.39, 0.29) is 5.88 Å². The third kappa shape index (κ3) is 1.15. The van der Waals surface area contributed by atoms with Crippen LogP contribution in [-0.4, -0.2) is 12.1 Å². The van der Waals surface area contributed by atoms with Gasteiger partial charge in [-0.3, -0.25) is 0 Å². The SMILES string of the molecule is COc1ncc(C)oc1=O. The lowest BCUT2D eigenvalue weighted by Gasteiger charge is -1.94.